The molecule has 21 heteroatoms. The number of hydrogen-bond acceptors (Lipinski definition) is 15. The van der Waals surface area contributed by atoms with Gasteiger partial charge in [-0.2, -0.15) is 0 Å². The first-order chi connectivity index (χ1) is 24.1. The van der Waals surface area contributed by atoms with Crippen molar-refractivity contribution in [1.82, 2.24) is 24.9 Å². The van der Waals surface area contributed by atoms with Gasteiger partial charge >= 0.3 is 0 Å². The van der Waals surface area contributed by atoms with Crippen LogP contribution in [0.4, 0.5) is 34.1 Å². The maximum atomic E-state index is 12.0. The van der Waals surface area contributed by atoms with Crippen LogP contribution in [0, 0.1) is 6.92 Å². The highest BCUT2D eigenvalue weighted by Crippen LogP contribution is 2.19. The summed E-state index contributed by atoms with van der Waals surface area (Å²) in [4.78, 5) is 19.6. The lowest BCUT2D eigenvalue weighted by Gasteiger charge is -2.06. The number of aromatic nitrogens is 5. The molecule has 0 radical (unpaired) electrons. The number of nitrogens with two attached hydrogens (primary N) is 3. The summed E-state index contributed by atoms with van der Waals surface area (Å²) in [6, 6.07) is 21.0. The van der Waals surface area contributed by atoms with Crippen LogP contribution in [0.1, 0.15) is 5.69 Å². The Balaban J connectivity index is 0.000000172. The Morgan fingerprint density at radius 1 is 0.510 bits per heavy atom. The Bertz CT molecular complexity index is 2350. The van der Waals surface area contributed by atoms with E-state index in [9.17, 15) is 25.3 Å². The maximum Gasteiger partial charge on any atom is 0.264 e. The first-order valence-corrected chi connectivity index (χ1v) is 19.6. The molecule has 0 saturated carbocycles. The molecule has 3 heterocycles. The molecular formula is C30H31N11O6S4. The van der Waals surface area contributed by atoms with Crippen molar-refractivity contribution >= 4 is 75.5 Å². The molecule has 6 rings (SSSR count). The molecule has 0 aliphatic rings. The Kier molecular flexibility index (Phi) is 12.4. The fourth-order valence-corrected chi connectivity index (χ4v) is 7.29. The van der Waals surface area contributed by atoms with Crippen LogP contribution in [0.5, 0.6) is 0 Å². The molecule has 9 N–H and O–H groups in total. The third kappa shape index (κ3) is 11.6. The average Bonchev–Trinajstić information content (AvgIpc) is 3.58. The number of nitrogens with zero attached hydrogens (tertiary/aromatic N) is 5. The number of thiazole rings is 1. The van der Waals surface area contributed by atoms with Gasteiger partial charge in [-0.25, -0.2) is 59.6 Å². The van der Waals surface area contributed by atoms with Gasteiger partial charge in [0.15, 0.2) is 5.13 Å². The number of anilines is 6. The van der Waals surface area contributed by atoms with Gasteiger partial charge in [-0.3, -0.25) is 4.72 Å². The van der Waals surface area contributed by atoms with Crippen molar-refractivity contribution in [3.8, 4) is 0 Å². The van der Waals surface area contributed by atoms with Gasteiger partial charge < -0.3 is 17.2 Å². The van der Waals surface area contributed by atoms with Crippen LogP contribution in [0.2, 0.25) is 0 Å². The van der Waals surface area contributed by atoms with Crippen molar-refractivity contribution in [3.05, 3.63) is 121 Å². The van der Waals surface area contributed by atoms with Crippen LogP contribution in [-0.4, -0.2) is 50.2 Å². The number of aryl methyl sites for hydroxylation is 1. The summed E-state index contributed by atoms with van der Waals surface area (Å²) in [5, 5.41) is 2.04. The summed E-state index contributed by atoms with van der Waals surface area (Å²) in [6.45, 7) is 1.75. The molecule has 0 bridgehead atoms. The fraction of sp³-hybridized carbons (Fsp3) is 0.0333. The summed E-state index contributed by atoms with van der Waals surface area (Å²) in [5.74, 6) is 0.0798. The number of nitrogen functional groups attached to an aromatic ring is 3. The van der Waals surface area contributed by atoms with Crippen molar-refractivity contribution < 1.29 is 25.3 Å². The number of nitrogens with one attached hydrogen (secondary N) is 3. The highest BCUT2D eigenvalue weighted by Gasteiger charge is 2.17. The standard InChI is InChI=1S/C11H12N4O2S.C10H10N4O2S.C9H9N3O2S2/c1-8-6-7-13-11(14-8)15-18(16,17)10-4-2-9(12)3-5-10;11-8-2-4-9(5-3-8)17(15,16)14-10-12-6-1-7-13-10;10-7-1-3-8(4-2-7)16(13,14)12-9-11-5-6-15-9/h2-7H,12H2,1H3,(H,13,14,15);1-7H,11H2,(H,12,13,14);1-6H,10H2,(H,11,12). The van der Waals surface area contributed by atoms with E-state index >= 15 is 0 Å². The largest absolute Gasteiger partial charge is 0.399 e. The summed E-state index contributed by atoms with van der Waals surface area (Å²) in [5.41, 5.74) is 18.7. The van der Waals surface area contributed by atoms with Gasteiger partial charge in [0.1, 0.15) is 0 Å². The van der Waals surface area contributed by atoms with E-state index in [1.807, 2.05) is 0 Å². The van der Waals surface area contributed by atoms with Crippen molar-refractivity contribution in [1.29, 1.82) is 0 Å². The van der Waals surface area contributed by atoms with Gasteiger partial charge in [-0.1, -0.05) is 0 Å². The molecule has 0 spiro atoms. The van der Waals surface area contributed by atoms with E-state index in [1.165, 1.54) is 109 Å². The first-order valence-electron chi connectivity index (χ1n) is 14.2. The molecule has 0 unspecified atom stereocenters. The van der Waals surface area contributed by atoms with Gasteiger partial charge in [-0.15, -0.1) is 11.3 Å². The van der Waals surface area contributed by atoms with Crippen molar-refractivity contribution in [3.63, 3.8) is 0 Å². The number of benzene rings is 3. The van der Waals surface area contributed by atoms with Gasteiger partial charge in [0.2, 0.25) is 11.9 Å². The third-order valence-electron chi connectivity index (χ3n) is 6.04. The van der Waals surface area contributed by atoms with Crippen LogP contribution in [0.15, 0.2) is 130 Å². The first kappa shape index (κ1) is 37.9. The van der Waals surface area contributed by atoms with Crippen LogP contribution >= 0.6 is 11.3 Å². The number of rotatable bonds is 9. The molecule has 17 nitrogen and oxygen atoms in total. The Morgan fingerprint density at radius 3 is 1.33 bits per heavy atom. The molecule has 51 heavy (non-hydrogen) atoms. The van der Waals surface area contributed by atoms with Gasteiger partial charge in [0.05, 0.1) is 14.7 Å². The lowest BCUT2D eigenvalue weighted by atomic mass is 10.3. The quantitative estimate of drug-likeness (QED) is 0.115. The Morgan fingerprint density at radius 2 is 0.922 bits per heavy atom. The molecule has 0 atom stereocenters. The smallest absolute Gasteiger partial charge is 0.264 e. The van der Waals surface area contributed by atoms with E-state index in [4.69, 9.17) is 17.2 Å². The van der Waals surface area contributed by atoms with Gasteiger partial charge in [-0.05, 0) is 91.9 Å². The van der Waals surface area contributed by atoms with E-state index in [0.717, 1.165) is 0 Å². The molecule has 3 aromatic heterocycles. The molecule has 0 fully saturated rings. The van der Waals surface area contributed by atoms with E-state index in [-0.39, 0.29) is 26.6 Å². The predicted molar refractivity (Wildman–Crippen MR) is 196 cm³/mol. The van der Waals surface area contributed by atoms with E-state index in [0.29, 0.717) is 27.9 Å². The highest BCUT2D eigenvalue weighted by atomic mass is 32.2. The zero-order chi connectivity index (χ0) is 37.1. The van der Waals surface area contributed by atoms with E-state index in [2.05, 4.69) is 39.1 Å². The predicted octanol–water partition coefficient (Wildman–Crippen LogP) is 3.55. The highest BCUT2D eigenvalue weighted by molar-refractivity contribution is 7.93. The third-order valence-corrected chi connectivity index (χ3v) is 10.9. The molecule has 0 aliphatic heterocycles. The average molecular weight is 770 g/mol. The normalized spacial score (nSPS) is 11.2. The van der Waals surface area contributed by atoms with Crippen LogP contribution in [0.3, 0.4) is 0 Å². The van der Waals surface area contributed by atoms with Gasteiger partial charge in [0.25, 0.3) is 30.1 Å². The monoisotopic (exact) mass is 769 g/mol. The zero-order valence-corrected chi connectivity index (χ0v) is 29.8. The second-order valence-electron chi connectivity index (χ2n) is 9.95. The van der Waals surface area contributed by atoms with Crippen LogP contribution in [0.25, 0.3) is 0 Å². The summed E-state index contributed by atoms with van der Waals surface area (Å²) in [6.07, 6.45) is 5.93. The van der Waals surface area contributed by atoms with E-state index in [1.54, 1.807) is 24.4 Å². The maximum absolute atomic E-state index is 12.0. The lowest BCUT2D eigenvalue weighted by Crippen LogP contribution is -2.15. The summed E-state index contributed by atoms with van der Waals surface area (Å²) >= 11 is 1.22. The lowest BCUT2D eigenvalue weighted by molar-refractivity contribution is 0.599. The molecule has 0 amide bonds. The summed E-state index contributed by atoms with van der Waals surface area (Å²) < 4.78 is 78.3. The number of sulfonamides is 3. The second-order valence-corrected chi connectivity index (χ2v) is 15.9. The SMILES string of the molecule is Cc1ccnc(NS(=O)(=O)c2ccc(N)cc2)n1.Nc1ccc(S(=O)(=O)Nc2ncccn2)cc1.Nc1ccc(S(=O)(=O)Nc2nccs2)cc1. The van der Waals surface area contributed by atoms with Crippen LogP contribution in [-0.2, 0) is 30.1 Å². The van der Waals surface area contributed by atoms with Crippen molar-refractivity contribution in [2.75, 3.05) is 31.4 Å². The van der Waals surface area contributed by atoms with Gasteiger partial charge in [0, 0.05) is 52.9 Å². The van der Waals surface area contributed by atoms with Crippen molar-refractivity contribution in [2.24, 2.45) is 0 Å². The minimum absolute atomic E-state index is 0.0318. The fourth-order valence-electron chi connectivity index (χ4n) is 3.60. The Labute approximate surface area is 298 Å². The molecule has 0 aliphatic carbocycles. The second kappa shape index (κ2) is 16.7. The topological polar surface area (TPSA) is 281 Å². The minimum atomic E-state index is -3.68. The Hall–Kier alpha value is -5.90. The van der Waals surface area contributed by atoms with Crippen LogP contribution < -0.4 is 31.4 Å². The number of hydrogen-bond donors (Lipinski definition) is 6. The molecule has 6 aromatic rings. The molecule has 0 saturated heterocycles. The summed E-state index contributed by atoms with van der Waals surface area (Å²) in [7, 11) is -10.9. The van der Waals surface area contributed by atoms with Crippen molar-refractivity contribution in [2.45, 2.75) is 21.6 Å². The molecule has 3 aromatic carbocycles. The van der Waals surface area contributed by atoms with E-state index < -0.39 is 30.1 Å². The minimum Gasteiger partial charge on any atom is -0.399 e. The zero-order valence-electron chi connectivity index (χ0n) is 26.5. The molecule has 266 valence electrons. The molecular weight excluding hydrogens is 739 g/mol.